The molecule has 26 heavy (non-hydrogen) atoms. The molecule has 7 nitrogen and oxygen atoms in total. The Morgan fingerprint density at radius 3 is 2.38 bits per heavy atom. The summed E-state index contributed by atoms with van der Waals surface area (Å²) in [5.41, 5.74) is 0.476. The van der Waals surface area contributed by atoms with Gasteiger partial charge in [0.2, 0.25) is 10.0 Å². The Labute approximate surface area is 165 Å². The number of hydrogen-bond acceptors (Lipinski definition) is 5. The van der Waals surface area contributed by atoms with Gasteiger partial charge in [0.1, 0.15) is 5.75 Å². The fourth-order valence-corrected chi connectivity index (χ4v) is 3.00. The summed E-state index contributed by atoms with van der Waals surface area (Å²) in [6.45, 7) is -0.312. The van der Waals surface area contributed by atoms with E-state index in [9.17, 15) is 13.2 Å². The fourth-order valence-electron chi connectivity index (χ4n) is 1.79. The summed E-state index contributed by atoms with van der Waals surface area (Å²) in [6, 6.07) is 10.2. The lowest BCUT2D eigenvalue weighted by molar-refractivity contribution is -0.121. The first-order valence-electron chi connectivity index (χ1n) is 6.97. The van der Waals surface area contributed by atoms with E-state index in [0.29, 0.717) is 16.5 Å². The van der Waals surface area contributed by atoms with Crippen molar-refractivity contribution >= 4 is 62.2 Å². The summed E-state index contributed by atoms with van der Waals surface area (Å²) in [6.07, 6.45) is 0. The second-order valence-corrected chi connectivity index (χ2v) is 7.75. The topological polar surface area (TPSA) is 111 Å². The van der Waals surface area contributed by atoms with Crippen LogP contribution in [0.4, 0.5) is 5.69 Å². The summed E-state index contributed by atoms with van der Waals surface area (Å²) in [5, 5.41) is 10.9. The number of ether oxygens (including phenoxy) is 1. The van der Waals surface area contributed by atoms with Crippen molar-refractivity contribution in [3.05, 3.63) is 52.5 Å². The van der Waals surface area contributed by atoms with Crippen molar-refractivity contribution in [1.82, 2.24) is 5.32 Å². The minimum absolute atomic E-state index is 0.0177. The number of halogens is 2. The number of sulfonamides is 1. The first-order valence-corrected chi connectivity index (χ1v) is 9.68. The molecule has 0 aromatic heterocycles. The van der Waals surface area contributed by atoms with E-state index >= 15 is 0 Å². The predicted molar refractivity (Wildman–Crippen MR) is 104 cm³/mol. The molecule has 2 aromatic rings. The fraction of sp³-hybridized carbons (Fsp3) is 0.0667. The number of amides is 1. The SMILES string of the molecule is NS(=O)(=O)c1ccc(NC(=S)NC(=O)COc2ccc(Cl)cc2Cl)cc1. The van der Waals surface area contributed by atoms with Gasteiger partial charge in [-0.1, -0.05) is 23.2 Å². The third-order valence-electron chi connectivity index (χ3n) is 2.95. The molecule has 4 N–H and O–H groups in total. The average Bonchev–Trinajstić information content (AvgIpc) is 2.53. The van der Waals surface area contributed by atoms with Crippen LogP contribution in [-0.2, 0) is 14.8 Å². The first kappa shape index (κ1) is 20.4. The molecule has 11 heteroatoms. The van der Waals surface area contributed by atoms with E-state index in [2.05, 4.69) is 10.6 Å². The molecule has 0 fully saturated rings. The van der Waals surface area contributed by atoms with Gasteiger partial charge in [0.05, 0.1) is 9.92 Å². The standard InChI is InChI=1S/C15H13Cl2N3O4S2/c16-9-1-6-13(12(17)7-9)24-8-14(21)20-15(25)19-10-2-4-11(5-3-10)26(18,22)23/h1-7H,8H2,(H2,18,22,23)(H2,19,20,21,25). The summed E-state index contributed by atoms with van der Waals surface area (Å²) < 4.78 is 27.7. The van der Waals surface area contributed by atoms with Gasteiger partial charge >= 0.3 is 0 Å². The predicted octanol–water partition coefficient (Wildman–Crippen LogP) is 2.53. The van der Waals surface area contributed by atoms with E-state index in [0.717, 1.165) is 0 Å². The van der Waals surface area contributed by atoms with E-state index in [1.165, 1.54) is 30.3 Å². The van der Waals surface area contributed by atoms with Crippen molar-refractivity contribution in [2.45, 2.75) is 4.90 Å². The lowest BCUT2D eigenvalue weighted by atomic mass is 10.3. The molecular weight excluding hydrogens is 421 g/mol. The molecule has 0 saturated heterocycles. The van der Waals surface area contributed by atoms with E-state index in [4.69, 9.17) is 45.3 Å². The van der Waals surface area contributed by atoms with E-state index in [1.54, 1.807) is 12.1 Å². The second kappa shape index (κ2) is 8.65. The molecule has 2 aromatic carbocycles. The van der Waals surface area contributed by atoms with Gasteiger partial charge in [-0.25, -0.2) is 13.6 Å². The highest BCUT2D eigenvalue weighted by Gasteiger charge is 2.10. The number of primary sulfonamides is 1. The van der Waals surface area contributed by atoms with Crippen LogP contribution in [-0.4, -0.2) is 26.0 Å². The van der Waals surface area contributed by atoms with Crippen LogP contribution in [0, 0.1) is 0 Å². The molecule has 0 bridgehead atoms. The quantitative estimate of drug-likeness (QED) is 0.624. The zero-order valence-electron chi connectivity index (χ0n) is 13.0. The number of benzene rings is 2. The van der Waals surface area contributed by atoms with Crippen LogP contribution in [0.3, 0.4) is 0 Å². The van der Waals surface area contributed by atoms with Crippen LogP contribution in [0.5, 0.6) is 5.75 Å². The van der Waals surface area contributed by atoms with E-state index in [-0.39, 0.29) is 21.6 Å². The Morgan fingerprint density at radius 2 is 1.81 bits per heavy atom. The molecule has 0 spiro atoms. The van der Waals surface area contributed by atoms with Gasteiger partial charge in [-0.3, -0.25) is 10.1 Å². The lowest BCUT2D eigenvalue weighted by Gasteiger charge is -2.11. The second-order valence-electron chi connectivity index (χ2n) is 4.94. The third-order valence-corrected chi connectivity index (χ3v) is 4.61. The molecule has 0 aliphatic carbocycles. The third kappa shape index (κ3) is 6.11. The lowest BCUT2D eigenvalue weighted by Crippen LogP contribution is -2.37. The minimum Gasteiger partial charge on any atom is -0.482 e. The molecule has 2 rings (SSSR count). The van der Waals surface area contributed by atoms with Gasteiger partial charge in [-0.15, -0.1) is 0 Å². The molecule has 0 atom stereocenters. The molecule has 0 heterocycles. The Hall–Kier alpha value is -1.91. The highest BCUT2D eigenvalue weighted by atomic mass is 35.5. The van der Waals surface area contributed by atoms with Crippen molar-refractivity contribution in [2.75, 3.05) is 11.9 Å². The molecule has 1 amide bonds. The number of carbonyl (C=O) groups is 1. The van der Waals surface area contributed by atoms with Crippen molar-refractivity contribution < 1.29 is 17.9 Å². The van der Waals surface area contributed by atoms with E-state index in [1.807, 2.05) is 0 Å². The maximum Gasteiger partial charge on any atom is 0.264 e. The van der Waals surface area contributed by atoms with Gasteiger partial charge in [0.15, 0.2) is 11.7 Å². The summed E-state index contributed by atoms with van der Waals surface area (Å²) in [4.78, 5) is 11.8. The maximum atomic E-state index is 11.9. The van der Waals surface area contributed by atoms with Gasteiger partial charge < -0.3 is 10.1 Å². The highest BCUT2D eigenvalue weighted by Crippen LogP contribution is 2.27. The number of carbonyl (C=O) groups excluding carboxylic acids is 1. The number of nitrogens with one attached hydrogen (secondary N) is 2. The summed E-state index contributed by atoms with van der Waals surface area (Å²) in [7, 11) is -3.77. The molecule has 0 saturated carbocycles. The Kier molecular flexibility index (Phi) is 6.79. The Balaban J connectivity index is 1.86. The molecule has 138 valence electrons. The molecule has 0 aliphatic heterocycles. The highest BCUT2D eigenvalue weighted by molar-refractivity contribution is 7.89. The van der Waals surface area contributed by atoms with Crippen molar-refractivity contribution in [3.8, 4) is 5.75 Å². The molecule has 0 radical (unpaired) electrons. The number of rotatable bonds is 5. The van der Waals surface area contributed by atoms with Gasteiger partial charge in [0, 0.05) is 10.7 Å². The van der Waals surface area contributed by atoms with Crippen LogP contribution in [0.15, 0.2) is 47.4 Å². The average molecular weight is 434 g/mol. The van der Waals surface area contributed by atoms with Crippen molar-refractivity contribution in [2.24, 2.45) is 5.14 Å². The Morgan fingerprint density at radius 1 is 1.15 bits per heavy atom. The van der Waals surface area contributed by atoms with Gasteiger partial charge in [-0.2, -0.15) is 0 Å². The smallest absolute Gasteiger partial charge is 0.264 e. The zero-order chi connectivity index (χ0) is 19.3. The van der Waals surface area contributed by atoms with Crippen LogP contribution >= 0.6 is 35.4 Å². The molecule has 0 unspecified atom stereocenters. The monoisotopic (exact) mass is 433 g/mol. The maximum absolute atomic E-state index is 11.9. The summed E-state index contributed by atoms with van der Waals surface area (Å²) in [5.74, 6) is -0.196. The van der Waals surface area contributed by atoms with Crippen LogP contribution in [0.25, 0.3) is 0 Å². The van der Waals surface area contributed by atoms with Crippen molar-refractivity contribution in [1.29, 1.82) is 0 Å². The number of anilines is 1. The number of nitrogens with two attached hydrogens (primary N) is 1. The van der Waals surface area contributed by atoms with Gasteiger partial charge in [-0.05, 0) is 54.7 Å². The van der Waals surface area contributed by atoms with E-state index < -0.39 is 15.9 Å². The minimum atomic E-state index is -3.77. The largest absolute Gasteiger partial charge is 0.482 e. The first-order chi connectivity index (χ1) is 12.1. The van der Waals surface area contributed by atoms with Crippen molar-refractivity contribution in [3.63, 3.8) is 0 Å². The van der Waals surface area contributed by atoms with Crippen LogP contribution in [0.2, 0.25) is 10.0 Å². The van der Waals surface area contributed by atoms with Crippen LogP contribution < -0.4 is 20.5 Å². The van der Waals surface area contributed by atoms with Gasteiger partial charge in [0.25, 0.3) is 5.91 Å². The van der Waals surface area contributed by atoms with Crippen LogP contribution in [0.1, 0.15) is 0 Å². The zero-order valence-corrected chi connectivity index (χ0v) is 16.2. The Bertz CT molecular complexity index is 934. The molecule has 0 aliphatic rings. The molecular formula is C15H13Cl2N3O4S2. The summed E-state index contributed by atoms with van der Waals surface area (Å²) >= 11 is 16.7. The normalized spacial score (nSPS) is 10.9. The number of thiocarbonyl (C=S) groups is 1. The number of hydrogen-bond donors (Lipinski definition) is 3.